The van der Waals surface area contributed by atoms with Crippen LogP contribution in [0.3, 0.4) is 0 Å². The zero-order valence-electron chi connectivity index (χ0n) is 14.3. The predicted octanol–water partition coefficient (Wildman–Crippen LogP) is 3.51. The third-order valence-electron chi connectivity index (χ3n) is 4.05. The van der Waals surface area contributed by atoms with E-state index in [1.54, 1.807) is 7.11 Å². The van der Waals surface area contributed by atoms with Crippen LogP contribution in [0.15, 0.2) is 6.07 Å². The van der Waals surface area contributed by atoms with Crippen molar-refractivity contribution in [3.63, 3.8) is 0 Å². The van der Waals surface area contributed by atoms with Crippen LogP contribution in [0.4, 0.5) is 5.82 Å². The Morgan fingerprint density at radius 2 is 2.00 bits per heavy atom. The first-order chi connectivity index (χ1) is 9.81. The fraction of sp³-hybridized carbons (Fsp3) is 0.765. The molecule has 1 aliphatic heterocycles. The van der Waals surface area contributed by atoms with Gasteiger partial charge in [-0.2, -0.15) is 0 Å². The van der Waals surface area contributed by atoms with Crippen LogP contribution >= 0.6 is 0 Å². The largest absolute Gasteiger partial charge is 0.380 e. The van der Waals surface area contributed by atoms with Crippen LogP contribution in [0, 0.1) is 0 Å². The SMILES string of the molecule is COC1CCCN(c2cc(C(C)(C)C)nc(C(C)C)n2)C1. The number of piperidine rings is 1. The summed E-state index contributed by atoms with van der Waals surface area (Å²) in [6, 6.07) is 2.16. The van der Waals surface area contributed by atoms with Crippen molar-refractivity contribution in [2.24, 2.45) is 0 Å². The molecular formula is C17H29N3O. The zero-order valence-corrected chi connectivity index (χ0v) is 14.3. The molecule has 0 aromatic carbocycles. The van der Waals surface area contributed by atoms with E-state index in [0.717, 1.165) is 43.3 Å². The maximum Gasteiger partial charge on any atom is 0.133 e. The van der Waals surface area contributed by atoms with Crippen molar-refractivity contribution >= 4 is 5.82 Å². The van der Waals surface area contributed by atoms with Gasteiger partial charge in [-0.25, -0.2) is 9.97 Å². The normalized spacial score (nSPS) is 20.1. The Morgan fingerprint density at radius 3 is 2.57 bits per heavy atom. The lowest BCUT2D eigenvalue weighted by atomic mass is 9.91. The van der Waals surface area contributed by atoms with Gasteiger partial charge in [-0.3, -0.25) is 0 Å². The molecule has 1 atom stereocenters. The lowest BCUT2D eigenvalue weighted by Crippen LogP contribution is -2.40. The van der Waals surface area contributed by atoms with Gasteiger partial charge < -0.3 is 9.64 Å². The molecule has 0 radical (unpaired) electrons. The Balaban J connectivity index is 2.35. The average molecular weight is 291 g/mol. The quantitative estimate of drug-likeness (QED) is 0.854. The van der Waals surface area contributed by atoms with Gasteiger partial charge in [-0.15, -0.1) is 0 Å². The van der Waals surface area contributed by atoms with Crippen LogP contribution in [0.25, 0.3) is 0 Å². The van der Waals surface area contributed by atoms with Crippen molar-refractivity contribution in [3.8, 4) is 0 Å². The van der Waals surface area contributed by atoms with E-state index in [-0.39, 0.29) is 5.41 Å². The number of ether oxygens (including phenoxy) is 1. The average Bonchev–Trinajstić information content (AvgIpc) is 2.46. The molecule has 0 N–H and O–H groups in total. The molecule has 1 fully saturated rings. The minimum Gasteiger partial charge on any atom is -0.380 e. The monoisotopic (exact) mass is 291 g/mol. The first-order valence-corrected chi connectivity index (χ1v) is 7.98. The van der Waals surface area contributed by atoms with Gasteiger partial charge in [0.2, 0.25) is 0 Å². The second-order valence-electron chi connectivity index (χ2n) is 7.32. The van der Waals surface area contributed by atoms with Gasteiger partial charge in [-0.05, 0) is 12.8 Å². The number of anilines is 1. The summed E-state index contributed by atoms with van der Waals surface area (Å²) < 4.78 is 5.53. The van der Waals surface area contributed by atoms with Crippen molar-refractivity contribution in [1.29, 1.82) is 0 Å². The molecule has 0 spiro atoms. The van der Waals surface area contributed by atoms with E-state index >= 15 is 0 Å². The molecule has 1 saturated heterocycles. The molecule has 0 aliphatic carbocycles. The smallest absolute Gasteiger partial charge is 0.133 e. The highest BCUT2D eigenvalue weighted by Crippen LogP contribution is 2.27. The molecule has 0 saturated carbocycles. The number of rotatable bonds is 3. The van der Waals surface area contributed by atoms with Crippen LogP contribution in [0.2, 0.25) is 0 Å². The third-order valence-corrected chi connectivity index (χ3v) is 4.05. The molecule has 1 aromatic rings. The van der Waals surface area contributed by atoms with Crippen LogP contribution in [-0.2, 0) is 10.2 Å². The summed E-state index contributed by atoms with van der Waals surface area (Å²) in [6.07, 6.45) is 2.61. The molecule has 118 valence electrons. The number of hydrogen-bond donors (Lipinski definition) is 0. The number of nitrogens with zero attached hydrogens (tertiary/aromatic N) is 3. The molecule has 0 amide bonds. The molecule has 1 aromatic heterocycles. The second kappa shape index (κ2) is 6.30. The molecule has 1 unspecified atom stereocenters. The molecule has 0 bridgehead atoms. The van der Waals surface area contributed by atoms with Crippen LogP contribution in [0.5, 0.6) is 0 Å². The number of hydrogen-bond acceptors (Lipinski definition) is 4. The maximum atomic E-state index is 5.53. The fourth-order valence-electron chi connectivity index (χ4n) is 2.60. The van der Waals surface area contributed by atoms with Crippen molar-refractivity contribution in [2.45, 2.75) is 64.9 Å². The summed E-state index contributed by atoms with van der Waals surface area (Å²) >= 11 is 0. The highest BCUT2D eigenvalue weighted by atomic mass is 16.5. The Hall–Kier alpha value is -1.16. The highest BCUT2D eigenvalue weighted by molar-refractivity contribution is 5.42. The van der Waals surface area contributed by atoms with Gasteiger partial charge in [0.1, 0.15) is 11.6 Å². The minimum absolute atomic E-state index is 0.0395. The highest BCUT2D eigenvalue weighted by Gasteiger charge is 2.24. The number of aromatic nitrogens is 2. The maximum absolute atomic E-state index is 5.53. The van der Waals surface area contributed by atoms with E-state index in [9.17, 15) is 0 Å². The summed E-state index contributed by atoms with van der Waals surface area (Å²) in [6.45, 7) is 12.9. The molecule has 2 heterocycles. The van der Waals surface area contributed by atoms with Gasteiger partial charge in [0, 0.05) is 37.6 Å². The van der Waals surface area contributed by atoms with Gasteiger partial charge in [-0.1, -0.05) is 34.6 Å². The van der Waals surface area contributed by atoms with E-state index in [0.29, 0.717) is 12.0 Å². The first-order valence-electron chi connectivity index (χ1n) is 7.98. The molecule has 4 nitrogen and oxygen atoms in total. The van der Waals surface area contributed by atoms with Gasteiger partial charge in [0.25, 0.3) is 0 Å². The van der Waals surface area contributed by atoms with E-state index in [4.69, 9.17) is 14.7 Å². The predicted molar refractivity (Wildman–Crippen MR) is 87.1 cm³/mol. The van der Waals surface area contributed by atoms with Gasteiger partial charge in [0.05, 0.1) is 11.8 Å². The van der Waals surface area contributed by atoms with Crippen LogP contribution < -0.4 is 4.90 Å². The molecule has 1 aliphatic rings. The lowest BCUT2D eigenvalue weighted by Gasteiger charge is -2.33. The second-order valence-corrected chi connectivity index (χ2v) is 7.32. The zero-order chi connectivity index (χ0) is 15.6. The Kier molecular flexibility index (Phi) is 4.87. The molecular weight excluding hydrogens is 262 g/mol. The van der Waals surface area contributed by atoms with Crippen molar-refractivity contribution < 1.29 is 4.74 Å². The summed E-state index contributed by atoms with van der Waals surface area (Å²) in [7, 11) is 1.80. The first kappa shape index (κ1) is 16.2. The minimum atomic E-state index is 0.0395. The Labute approximate surface area is 128 Å². The van der Waals surface area contributed by atoms with Crippen molar-refractivity contribution in [2.75, 3.05) is 25.1 Å². The van der Waals surface area contributed by atoms with E-state index in [2.05, 4.69) is 45.6 Å². The van der Waals surface area contributed by atoms with Gasteiger partial charge in [0.15, 0.2) is 0 Å². The van der Waals surface area contributed by atoms with Crippen molar-refractivity contribution in [3.05, 3.63) is 17.6 Å². The summed E-state index contributed by atoms with van der Waals surface area (Å²) in [5.41, 5.74) is 1.16. The number of methoxy groups -OCH3 is 1. The van der Waals surface area contributed by atoms with E-state index in [1.807, 2.05) is 0 Å². The standard InChI is InChI=1S/C17H29N3O/c1-12(2)16-18-14(17(3,4)5)10-15(19-16)20-9-7-8-13(11-20)21-6/h10,12-13H,7-9,11H2,1-6H3. The Morgan fingerprint density at radius 1 is 1.29 bits per heavy atom. The van der Waals surface area contributed by atoms with Gasteiger partial charge >= 0.3 is 0 Å². The van der Waals surface area contributed by atoms with Crippen LogP contribution in [0.1, 0.15) is 64.9 Å². The third kappa shape index (κ3) is 3.94. The Bertz CT molecular complexity index is 479. The fourth-order valence-corrected chi connectivity index (χ4v) is 2.60. The molecule has 21 heavy (non-hydrogen) atoms. The summed E-state index contributed by atoms with van der Waals surface area (Å²) in [5, 5.41) is 0. The van der Waals surface area contributed by atoms with Crippen molar-refractivity contribution in [1.82, 2.24) is 9.97 Å². The summed E-state index contributed by atoms with van der Waals surface area (Å²) in [4.78, 5) is 11.9. The van der Waals surface area contributed by atoms with Crippen LogP contribution in [-0.4, -0.2) is 36.3 Å². The van der Waals surface area contributed by atoms with E-state index < -0.39 is 0 Å². The van der Waals surface area contributed by atoms with E-state index in [1.165, 1.54) is 0 Å². The molecule has 2 rings (SSSR count). The summed E-state index contributed by atoms with van der Waals surface area (Å²) in [5.74, 6) is 2.34. The molecule has 4 heteroatoms. The topological polar surface area (TPSA) is 38.2 Å². The lowest BCUT2D eigenvalue weighted by molar-refractivity contribution is 0.0891.